The van der Waals surface area contributed by atoms with E-state index in [2.05, 4.69) is 17.6 Å². The predicted molar refractivity (Wildman–Crippen MR) is 46.9 cm³/mol. The lowest BCUT2D eigenvalue weighted by atomic mass is 10.2. The lowest BCUT2D eigenvalue weighted by molar-refractivity contribution is -0.125. The van der Waals surface area contributed by atoms with E-state index in [9.17, 15) is 9.59 Å². The van der Waals surface area contributed by atoms with Crippen molar-refractivity contribution in [2.75, 3.05) is 0 Å². The van der Waals surface area contributed by atoms with Crippen LogP contribution in [0.4, 0.5) is 0 Å². The average molecular weight is 182 g/mol. The van der Waals surface area contributed by atoms with Crippen molar-refractivity contribution >= 4 is 11.8 Å². The van der Waals surface area contributed by atoms with E-state index in [4.69, 9.17) is 0 Å². The highest BCUT2D eigenvalue weighted by atomic mass is 16.2. The summed E-state index contributed by atoms with van der Waals surface area (Å²) >= 11 is 0. The Labute approximate surface area is 77.1 Å². The van der Waals surface area contributed by atoms with Crippen molar-refractivity contribution in [3.8, 4) is 0 Å². The maximum atomic E-state index is 11.5. The molecule has 3 atom stereocenters. The van der Waals surface area contributed by atoms with E-state index in [1.165, 1.54) is 0 Å². The van der Waals surface area contributed by atoms with Crippen LogP contribution in [-0.2, 0) is 9.59 Å². The van der Waals surface area contributed by atoms with Gasteiger partial charge in [0.25, 0.3) is 0 Å². The van der Waals surface area contributed by atoms with Crippen LogP contribution in [0.25, 0.3) is 0 Å². The molecule has 4 heteroatoms. The summed E-state index contributed by atoms with van der Waals surface area (Å²) < 4.78 is 0. The van der Waals surface area contributed by atoms with Crippen molar-refractivity contribution in [3.05, 3.63) is 0 Å². The molecule has 1 saturated carbocycles. The van der Waals surface area contributed by atoms with E-state index in [0.29, 0.717) is 24.8 Å². The van der Waals surface area contributed by atoms with E-state index in [0.717, 1.165) is 6.42 Å². The van der Waals surface area contributed by atoms with Crippen LogP contribution in [0.15, 0.2) is 0 Å². The van der Waals surface area contributed by atoms with Gasteiger partial charge < -0.3 is 10.6 Å². The standard InChI is InChI=1S/C9H14N2O2/c1-5-4-7(5)11-9(13)6-2-3-8(12)10-6/h5-7H,2-4H2,1H3,(H,10,12)(H,11,13). The lowest BCUT2D eigenvalue weighted by Crippen LogP contribution is -2.42. The Morgan fingerprint density at radius 3 is 2.77 bits per heavy atom. The SMILES string of the molecule is CC1CC1NC(=O)C1CCC(=O)N1. The third-order valence-corrected chi connectivity index (χ3v) is 2.75. The van der Waals surface area contributed by atoms with Gasteiger partial charge in [-0.3, -0.25) is 9.59 Å². The molecule has 2 N–H and O–H groups in total. The summed E-state index contributed by atoms with van der Waals surface area (Å²) in [6, 6.07) is 0.0744. The van der Waals surface area contributed by atoms with Gasteiger partial charge >= 0.3 is 0 Å². The number of hydrogen-bond donors (Lipinski definition) is 2. The molecule has 2 amide bonds. The zero-order chi connectivity index (χ0) is 9.42. The van der Waals surface area contributed by atoms with Gasteiger partial charge in [-0.15, -0.1) is 0 Å². The summed E-state index contributed by atoms with van der Waals surface area (Å²) in [5.74, 6) is 0.588. The second-order valence-corrected chi connectivity index (χ2v) is 3.99. The van der Waals surface area contributed by atoms with Crippen LogP contribution >= 0.6 is 0 Å². The largest absolute Gasteiger partial charge is 0.351 e. The van der Waals surface area contributed by atoms with Crippen molar-refractivity contribution in [1.29, 1.82) is 0 Å². The van der Waals surface area contributed by atoms with Crippen molar-refractivity contribution in [1.82, 2.24) is 10.6 Å². The lowest BCUT2D eigenvalue weighted by Gasteiger charge is -2.09. The smallest absolute Gasteiger partial charge is 0.242 e. The molecule has 0 radical (unpaired) electrons. The number of carbonyl (C=O) groups is 2. The van der Waals surface area contributed by atoms with E-state index >= 15 is 0 Å². The Morgan fingerprint density at radius 1 is 1.62 bits per heavy atom. The van der Waals surface area contributed by atoms with Crippen LogP contribution in [0.2, 0.25) is 0 Å². The molecular weight excluding hydrogens is 168 g/mol. The molecule has 2 aliphatic rings. The first-order valence-electron chi connectivity index (χ1n) is 4.76. The van der Waals surface area contributed by atoms with Crippen LogP contribution < -0.4 is 10.6 Å². The first-order valence-corrected chi connectivity index (χ1v) is 4.76. The molecule has 0 aromatic carbocycles. The zero-order valence-corrected chi connectivity index (χ0v) is 7.67. The molecule has 2 rings (SSSR count). The van der Waals surface area contributed by atoms with Crippen molar-refractivity contribution in [2.45, 2.75) is 38.3 Å². The van der Waals surface area contributed by atoms with Crippen LogP contribution in [-0.4, -0.2) is 23.9 Å². The van der Waals surface area contributed by atoms with Gasteiger partial charge in [-0.2, -0.15) is 0 Å². The maximum absolute atomic E-state index is 11.5. The number of nitrogens with one attached hydrogen (secondary N) is 2. The Morgan fingerprint density at radius 2 is 2.31 bits per heavy atom. The highest BCUT2D eigenvalue weighted by Gasteiger charge is 2.36. The minimum atomic E-state index is -0.278. The minimum Gasteiger partial charge on any atom is -0.351 e. The number of carbonyl (C=O) groups excluding carboxylic acids is 2. The molecule has 2 fully saturated rings. The molecule has 0 bridgehead atoms. The van der Waals surface area contributed by atoms with Crippen LogP contribution in [0.5, 0.6) is 0 Å². The zero-order valence-electron chi connectivity index (χ0n) is 7.67. The summed E-state index contributed by atoms with van der Waals surface area (Å²) in [5.41, 5.74) is 0. The molecule has 1 saturated heterocycles. The normalized spacial score (nSPS) is 37.0. The summed E-state index contributed by atoms with van der Waals surface area (Å²) in [6.45, 7) is 2.11. The van der Waals surface area contributed by atoms with Gasteiger partial charge in [0.05, 0.1) is 0 Å². The second-order valence-electron chi connectivity index (χ2n) is 3.99. The van der Waals surface area contributed by atoms with E-state index in [-0.39, 0.29) is 17.9 Å². The molecule has 0 aromatic rings. The second kappa shape index (κ2) is 3.01. The minimum absolute atomic E-state index is 0.0102. The van der Waals surface area contributed by atoms with Crippen LogP contribution in [0, 0.1) is 5.92 Å². The fraction of sp³-hybridized carbons (Fsp3) is 0.778. The third-order valence-electron chi connectivity index (χ3n) is 2.75. The highest BCUT2D eigenvalue weighted by Crippen LogP contribution is 2.29. The van der Waals surface area contributed by atoms with Gasteiger partial charge in [-0.1, -0.05) is 6.92 Å². The predicted octanol–water partition coefficient (Wildman–Crippen LogP) is -0.210. The van der Waals surface area contributed by atoms with Gasteiger partial charge in [0, 0.05) is 12.5 Å². The molecule has 13 heavy (non-hydrogen) atoms. The van der Waals surface area contributed by atoms with Gasteiger partial charge in [0.15, 0.2) is 0 Å². The molecule has 1 aliphatic carbocycles. The Balaban J connectivity index is 1.80. The topological polar surface area (TPSA) is 58.2 Å². The van der Waals surface area contributed by atoms with Crippen LogP contribution in [0.1, 0.15) is 26.2 Å². The summed E-state index contributed by atoms with van der Waals surface area (Å²) in [4.78, 5) is 22.3. The summed E-state index contributed by atoms with van der Waals surface area (Å²) in [7, 11) is 0. The first kappa shape index (κ1) is 8.53. The van der Waals surface area contributed by atoms with Crippen molar-refractivity contribution < 1.29 is 9.59 Å². The molecule has 3 unspecified atom stereocenters. The molecule has 72 valence electrons. The van der Waals surface area contributed by atoms with Crippen molar-refractivity contribution in [2.24, 2.45) is 5.92 Å². The van der Waals surface area contributed by atoms with Crippen molar-refractivity contribution in [3.63, 3.8) is 0 Å². The molecule has 0 aromatic heterocycles. The maximum Gasteiger partial charge on any atom is 0.242 e. The monoisotopic (exact) mass is 182 g/mol. The fourth-order valence-electron chi connectivity index (χ4n) is 1.62. The highest BCUT2D eigenvalue weighted by molar-refractivity contribution is 5.91. The third kappa shape index (κ3) is 1.82. The molecule has 1 aliphatic heterocycles. The van der Waals surface area contributed by atoms with Gasteiger partial charge in [0.1, 0.15) is 6.04 Å². The Bertz CT molecular complexity index is 252. The van der Waals surface area contributed by atoms with E-state index < -0.39 is 0 Å². The fourth-order valence-corrected chi connectivity index (χ4v) is 1.62. The average Bonchev–Trinajstić information content (AvgIpc) is 2.62. The van der Waals surface area contributed by atoms with E-state index in [1.807, 2.05) is 0 Å². The molecule has 0 spiro atoms. The van der Waals surface area contributed by atoms with Gasteiger partial charge in [-0.25, -0.2) is 0 Å². The van der Waals surface area contributed by atoms with Gasteiger partial charge in [-0.05, 0) is 18.8 Å². The first-order chi connectivity index (χ1) is 6.16. The quantitative estimate of drug-likeness (QED) is 0.620. The molecule has 1 heterocycles. The Hall–Kier alpha value is -1.06. The number of rotatable bonds is 2. The molecule has 4 nitrogen and oxygen atoms in total. The Kier molecular flexibility index (Phi) is 1.98. The van der Waals surface area contributed by atoms with E-state index in [1.54, 1.807) is 0 Å². The number of hydrogen-bond acceptors (Lipinski definition) is 2. The summed E-state index contributed by atoms with van der Waals surface area (Å²) in [6.07, 6.45) is 2.20. The number of amides is 2. The van der Waals surface area contributed by atoms with Gasteiger partial charge in [0.2, 0.25) is 11.8 Å². The van der Waals surface area contributed by atoms with Crippen LogP contribution in [0.3, 0.4) is 0 Å². The molecular formula is C9H14N2O2. The summed E-state index contributed by atoms with van der Waals surface area (Å²) in [5, 5.41) is 5.56.